The molecule has 1 saturated heterocycles. The molecule has 142 valence electrons. The minimum absolute atomic E-state index is 0.0411. The number of rotatable bonds is 5. The van der Waals surface area contributed by atoms with E-state index in [2.05, 4.69) is 15.3 Å². The van der Waals surface area contributed by atoms with Gasteiger partial charge in [0.05, 0.1) is 11.5 Å². The van der Waals surface area contributed by atoms with Crippen molar-refractivity contribution in [3.05, 3.63) is 59.7 Å². The van der Waals surface area contributed by atoms with E-state index in [1.54, 1.807) is 25.5 Å². The van der Waals surface area contributed by atoms with E-state index in [-0.39, 0.29) is 29.1 Å². The van der Waals surface area contributed by atoms with E-state index in [1.807, 2.05) is 6.07 Å². The third-order valence-corrected chi connectivity index (χ3v) is 6.24. The Kier molecular flexibility index (Phi) is 5.50. The Morgan fingerprint density at radius 2 is 2.11 bits per heavy atom. The summed E-state index contributed by atoms with van der Waals surface area (Å²) in [7, 11) is -1.53. The molecule has 1 aliphatic rings. The Bertz CT molecular complexity index is 947. The van der Waals surface area contributed by atoms with Crippen LogP contribution in [-0.2, 0) is 16.4 Å². The normalized spacial score (nSPS) is 18.0. The maximum absolute atomic E-state index is 12.6. The zero-order chi connectivity index (χ0) is 19.4. The molecule has 9 heteroatoms. The van der Waals surface area contributed by atoms with Gasteiger partial charge in [-0.25, -0.2) is 8.42 Å². The van der Waals surface area contributed by atoms with Gasteiger partial charge in [0, 0.05) is 43.8 Å². The molecule has 0 spiro atoms. The summed E-state index contributed by atoms with van der Waals surface area (Å²) in [4.78, 5) is 34.4. The molecule has 0 bridgehead atoms. The fourth-order valence-electron chi connectivity index (χ4n) is 2.90. The standard InChI is InChI=1S/C18H20N4O4S/c1-22(15-5-8-27(25,26)12-15)18(24)16-9-14(4-7-20-16)17(23)21-11-13-3-2-6-19-10-13/h2-4,6-7,9-10,15H,5,8,11-12H2,1H3,(H,21,23). The van der Waals surface area contributed by atoms with Crippen LogP contribution < -0.4 is 5.32 Å². The third kappa shape index (κ3) is 4.68. The first-order chi connectivity index (χ1) is 12.9. The molecule has 0 aliphatic carbocycles. The highest BCUT2D eigenvalue weighted by Crippen LogP contribution is 2.18. The average Bonchev–Trinajstić information content (AvgIpc) is 3.05. The lowest BCUT2D eigenvalue weighted by molar-refractivity contribution is 0.0741. The fraction of sp³-hybridized carbons (Fsp3) is 0.333. The van der Waals surface area contributed by atoms with Crippen LogP contribution in [0, 0.1) is 0 Å². The van der Waals surface area contributed by atoms with Crippen molar-refractivity contribution in [2.75, 3.05) is 18.6 Å². The van der Waals surface area contributed by atoms with E-state index in [0.717, 1.165) is 5.56 Å². The predicted molar refractivity (Wildman–Crippen MR) is 98.8 cm³/mol. The highest BCUT2D eigenvalue weighted by atomic mass is 32.2. The number of sulfone groups is 1. The van der Waals surface area contributed by atoms with Gasteiger partial charge >= 0.3 is 0 Å². The molecule has 0 radical (unpaired) electrons. The lowest BCUT2D eigenvalue weighted by atomic mass is 10.1. The third-order valence-electron chi connectivity index (χ3n) is 4.49. The number of nitrogens with zero attached hydrogens (tertiary/aromatic N) is 3. The van der Waals surface area contributed by atoms with Crippen molar-refractivity contribution in [3.8, 4) is 0 Å². The first kappa shape index (κ1) is 19.0. The molecule has 1 N–H and O–H groups in total. The maximum atomic E-state index is 12.6. The zero-order valence-electron chi connectivity index (χ0n) is 14.8. The minimum Gasteiger partial charge on any atom is -0.348 e. The molecule has 8 nitrogen and oxygen atoms in total. The minimum atomic E-state index is -3.10. The van der Waals surface area contributed by atoms with Crippen LogP contribution in [0.1, 0.15) is 32.8 Å². The monoisotopic (exact) mass is 388 g/mol. The van der Waals surface area contributed by atoms with Gasteiger partial charge in [0.25, 0.3) is 11.8 Å². The van der Waals surface area contributed by atoms with Gasteiger partial charge in [-0.05, 0) is 30.2 Å². The summed E-state index contributed by atoms with van der Waals surface area (Å²) in [5.74, 6) is -0.694. The molecule has 1 atom stereocenters. The molecule has 2 amide bonds. The summed E-state index contributed by atoms with van der Waals surface area (Å²) < 4.78 is 23.3. The summed E-state index contributed by atoms with van der Waals surface area (Å²) in [5.41, 5.74) is 1.28. The fourth-order valence-corrected chi connectivity index (χ4v) is 4.68. The summed E-state index contributed by atoms with van der Waals surface area (Å²) >= 11 is 0. The average molecular weight is 388 g/mol. The second kappa shape index (κ2) is 7.83. The van der Waals surface area contributed by atoms with Crippen molar-refractivity contribution in [2.24, 2.45) is 0 Å². The van der Waals surface area contributed by atoms with Crippen LogP contribution in [0.3, 0.4) is 0 Å². The van der Waals surface area contributed by atoms with Gasteiger partial charge in [0.2, 0.25) is 0 Å². The highest BCUT2D eigenvalue weighted by molar-refractivity contribution is 7.91. The molecule has 0 saturated carbocycles. The van der Waals surface area contributed by atoms with Crippen LogP contribution in [-0.4, -0.2) is 59.7 Å². The maximum Gasteiger partial charge on any atom is 0.272 e. The highest BCUT2D eigenvalue weighted by Gasteiger charge is 2.33. The van der Waals surface area contributed by atoms with Gasteiger partial charge in [-0.3, -0.25) is 19.6 Å². The molecule has 3 heterocycles. The predicted octanol–water partition coefficient (Wildman–Crippen LogP) is 0.666. The van der Waals surface area contributed by atoms with Gasteiger partial charge in [0.15, 0.2) is 9.84 Å². The second-order valence-electron chi connectivity index (χ2n) is 6.45. The van der Waals surface area contributed by atoms with E-state index in [9.17, 15) is 18.0 Å². The molecule has 27 heavy (non-hydrogen) atoms. The number of pyridine rings is 2. The first-order valence-electron chi connectivity index (χ1n) is 8.46. The summed E-state index contributed by atoms with van der Waals surface area (Å²) in [6, 6.07) is 6.20. The molecule has 2 aromatic heterocycles. The lowest BCUT2D eigenvalue weighted by Crippen LogP contribution is -2.38. The van der Waals surface area contributed by atoms with Crippen LogP contribution in [0.4, 0.5) is 0 Å². The van der Waals surface area contributed by atoms with Crippen molar-refractivity contribution >= 4 is 21.7 Å². The van der Waals surface area contributed by atoms with Crippen LogP contribution in [0.25, 0.3) is 0 Å². The largest absolute Gasteiger partial charge is 0.348 e. The molecular weight excluding hydrogens is 368 g/mol. The molecule has 2 aromatic rings. The topological polar surface area (TPSA) is 109 Å². The van der Waals surface area contributed by atoms with E-state index in [1.165, 1.54) is 23.2 Å². The zero-order valence-corrected chi connectivity index (χ0v) is 15.6. The van der Waals surface area contributed by atoms with Crippen LogP contribution >= 0.6 is 0 Å². The van der Waals surface area contributed by atoms with Crippen molar-refractivity contribution in [1.82, 2.24) is 20.2 Å². The van der Waals surface area contributed by atoms with E-state index in [0.29, 0.717) is 18.5 Å². The van der Waals surface area contributed by atoms with E-state index >= 15 is 0 Å². The second-order valence-corrected chi connectivity index (χ2v) is 8.68. The number of carbonyl (C=O) groups excluding carboxylic acids is 2. The van der Waals surface area contributed by atoms with Crippen molar-refractivity contribution in [1.29, 1.82) is 0 Å². The first-order valence-corrected chi connectivity index (χ1v) is 10.3. The van der Waals surface area contributed by atoms with E-state index in [4.69, 9.17) is 0 Å². The quantitative estimate of drug-likeness (QED) is 0.806. The number of amides is 2. The molecule has 0 aromatic carbocycles. The van der Waals surface area contributed by atoms with Gasteiger partial charge < -0.3 is 10.2 Å². The van der Waals surface area contributed by atoms with Crippen molar-refractivity contribution in [2.45, 2.75) is 19.0 Å². The van der Waals surface area contributed by atoms with Crippen LogP contribution in [0.5, 0.6) is 0 Å². The number of aromatic nitrogens is 2. The van der Waals surface area contributed by atoms with Crippen molar-refractivity contribution in [3.63, 3.8) is 0 Å². The Labute approximate surface area is 157 Å². The Balaban J connectivity index is 1.67. The molecule has 3 rings (SSSR count). The molecule has 1 aliphatic heterocycles. The summed E-state index contributed by atoms with van der Waals surface area (Å²) in [5, 5.41) is 2.77. The van der Waals surface area contributed by atoms with Gasteiger partial charge in [-0.15, -0.1) is 0 Å². The van der Waals surface area contributed by atoms with Crippen LogP contribution in [0.2, 0.25) is 0 Å². The van der Waals surface area contributed by atoms with Gasteiger partial charge in [0.1, 0.15) is 5.69 Å². The SMILES string of the molecule is CN(C(=O)c1cc(C(=O)NCc2cccnc2)ccn1)C1CCS(=O)(=O)C1. The number of hydrogen-bond acceptors (Lipinski definition) is 6. The number of carbonyl (C=O) groups is 2. The Morgan fingerprint density at radius 3 is 2.78 bits per heavy atom. The Morgan fingerprint density at radius 1 is 1.30 bits per heavy atom. The molecule has 1 unspecified atom stereocenters. The molecule has 1 fully saturated rings. The van der Waals surface area contributed by atoms with Gasteiger partial charge in [-0.1, -0.05) is 6.07 Å². The van der Waals surface area contributed by atoms with E-state index < -0.39 is 15.7 Å². The van der Waals surface area contributed by atoms with Crippen molar-refractivity contribution < 1.29 is 18.0 Å². The van der Waals surface area contributed by atoms with Gasteiger partial charge in [-0.2, -0.15) is 0 Å². The van der Waals surface area contributed by atoms with Crippen LogP contribution in [0.15, 0.2) is 42.9 Å². The summed E-state index contributed by atoms with van der Waals surface area (Å²) in [6.07, 6.45) is 5.12. The smallest absolute Gasteiger partial charge is 0.272 e. The lowest BCUT2D eigenvalue weighted by Gasteiger charge is -2.23. The number of hydrogen-bond donors (Lipinski definition) is 1. The summed E-state index contributed by atoms with van der Waals surface area (Å²) in [6.45, 7) is 0.318. The Hall–Kier alpha value is -2.81. The molecular formula is C18H20N4O4S. The number of nitrogens with one attached hydrogen (secondary N) is 1.